The number of likely N-dealkylation sites (N-methyl/N-ethyl adjacent to an activating group) is 1. The van der Waals surface area contributed by atoms with Gasteiger partial charge in [-0.05, 0) is 6.54 Å². The highest BCUT2D eigenvalue weighted by atomic mass is 16.5. The van der Waals surface area contributed by atoms with E-state index in [0.717, 1.165) is 19.7 Å². The zero-order valence-corrected chi connectivity index (χ0v) is 10.4. The van der Waals surface area contributed by atoms with Crippen LogP contribution in [0.2, 0.25) is 0 Å². The molecule has 0 fully saturated rings. The van der Waals surface area contributed by atoms with Gasteiger partial charge in [-0.15, -0.1) is 6.42 Å². The van der Waals surface area contributed by atoms with Crippen molar-refractivity contribution in [2.75, 3.05) is 33.4 Å². The highest BCUT2D eigenvalue weighted by Gasteiger charge is 2.15. The van der Waals surface area contributed by atoms with E-state index in [1.807, 2.05) is 0 Å². The highest BCUT2D eigenvalue weighted by molar-refractivity contribution is 4.90. The second-order valence-corrected chi connectivity index (χ2v) is 3.94. The van der Waals surface area contributed by atoms with E-state index in [-0.39, 0.29) is 0 Å². The number of nitrogens with one attached hydrogen (secondary N) is 1. The van der Waals surface area contributed by atoms with Crippen molar-refractivity contribution in [2.24, 2.45) is 0 Å². The smallest absolute Gasteiger partial charge is 0.0630 e. The minimum absolute atomic E-state index is 0.360. The number of hydrogen-bond donors (Lipinski definition) is 1. The Morgan fingerprint density at radius 3 is 2.53 bits per heavy atom. The Hall–Kier alpha value is -0.560. The third-order valence-electron chi connectivity index (χ3n) is 2.34. The quantitative estimate of drug-likeness (QED) is 0.606. The Labute approximate surface area is 94.2 Å². The summed E-state index contributed by atoms with van der Waals surface area (Å²) in [5, 5.41) is 3.41. The summed E-state index contributed by atoms with van der Waals surface area (Å²) < 4.78 is 5.22. The van der Waals surface area contributed by atoms with Crippen molar-refractivity contribution >= 4 is 0 Å². The number of terminal acetylenes is 1. The predicted molar refractivity (Wildman–Crippen MR) is 64.9 cm³/mol. The van der Waals surface area contributed by atoms with Gasteiger partial charge in [-0.2, -0.15) is 0 Å². The third kappa shape index (κ3) is 6.51. The summed E-state index contributed by atoms with van der Waals surface area (Å²) in [6.07, 6.45) is 5.34. The Balaban J connectivity index is 4.15. The van der Waals surface area contributed by atoms with Gasteiger partial charge in [0.05, 0.1) is 13.2 Å². The second kappa shape index (κ2) is 8.72. The molecule has 0 aromatic rings. The molecule has 0 aliphatic rings. The van der Waals surface area contributed by atoms with E-state index >= 15 is 0 Å². The molecular weight excluding hydrogens is 188 g/mol. The Kier molecular flexibility index (Phi) is 8.40. The zero-order valence-electron chi connectivity index (χ0n) is 10.4. The molecule has 0 aliphatic carbocycles. The molecule has 0 saturated carbocycles. The van der Waals surface area contributed by atoms with Crippen molar-refractivity contribution in [1.29, 1.82) is 0 Å². The first-order valence-electron chi connectivity index (χ1n) is 5.55. The van der Waals surface area contributed by atoms with E-state index in [1.54, 1.807) is 7.11 Å². The monoisotopic (exact) mass is 212 g/mol. The molecule has 0 aromatic heterocycles. The van der Waals surface area contributed by atoms with Crippen LogP contribution in [-0.4, -0.2) is 50.3 Å². The predicted octanol–water partition coefficient (Wildman–Crippen LogP) is 0.954. The normalized spacial score (nSPS) is 13.1. The molecule has 0 saturated heterocycles. The van der Waals surface area contributed by atoms with Crippen LogP contribution in [0.15, 0.2) is 0 Å². The van der Waals surface area contributed by atoms with Gasteiger partial charge in [-0.3, -0.25) is 4.90 Å². The van der Waals surface area contributed by atoms with Gasteiger partial charge in [0.2, 0.25) is 0 Å². The van der Waals surface area contributed by atoms with Crippen molar-refractivity contribution in [1.82, 2.24) is 10.2 Å². The van der Waals surface area contributed by atoms with Crippen molar-refractivity contribution in [3.63, 3.8) is 0 Å². The zero-order chi connectivity index (χ0) is 11.7. The first kappa shape index (κ1) is 14.4. The highest BCUT2D eigenvalue weighted by Crippen LogP contribution is 1.99. The summed E-state index contributed by atoms with van der Waals surface area (Å²) in [4.78, 5) is 2.25. The van der Waals surface area contributed by atoms with Crippen LogP contribution < -0.4 is 5.32 Å². The first-order valence-corrected chi connectivity index (χ1v) is 5.55. The fourth-order valence-corrected chi connectivity index (χ4v) is 1.47. The van der Waals surface area contributed by atoms with Gasteiger partial charge in [-0.1, -0.05) is 26.7 Å². The topological polar surface area (TPSA) is 24.5 Å². The number of nitrogens with zero attached hydrogens (tertiary/aromatic N) is 1. The van der Waals surface area contributed by atoms with E-state index in [2.05, 4.69) is 36.9 Å². The van der Waals surface area contributed by atoms with E-state index in [1.165, 1.54) is 0 Å². The van der Waals surface area contributed by atoms with E-state index in [9.17, 15) is 0 Å². The molecule has 0 amide bonds. The van der Waals surface area contributed by atoms with Crippen LogP contribution in [-0.2, 0) is 4.74 Å². The van der Waals surface area contributed by atoms with Crippen LogP contribution in [0.4, 0.5) is 0 Å². The molecule has 0 rings (SSSR count). The van der Waals surface area contributed by atoms with Gasteiger partial charge in [0.15, 0.2) is 0 Å². The number of hydrogen-bond acceptors (Lipinski definition) is 3. The molecule has 88 valence electrons. The van der Waals surface area contributed by atoms with Gasteiger partial charge in [0.25, 0.3) is 0 Å². The Bertz CT molecular complexity index is 187. The average molecular weight is 212 g/mol. The van der Waals surface area contributed by atoms with E-state index in [0.29, 0.717) is 18.6 Å². The summed E-state index contributed by atoms with van der Waals surface area (Å²) in [6.45, 7) is 9.68. The standard InChI is InChI=1S/C12H24N2O/c1-6-8-14(7-2)12(10-15-5)9-13-11(3)4/h1,11-13H,7-10H2,2-5H3. The molecular formula is C12H24N2O. The molecule has 3 nitrogen and oxygen atoms in total. The van der Waals surface area contributed by atoms with Crippen molar-refractivity contribution < 1.29 is 4.74 Å². The third-order valence-corrected chi connectivity index (χ3v) is 2.34. The van der Waals surface area contributed by atoms with Crippen molar-refractivity contribution in [3.8, 4) is 12.3 Å². The van der Waals surface area contributed by atoms with Crippen molar-refractivity contribution in [3.05, 3.63) is 0 Å². The molecule has 0 heterocycles. The Morgan fingerprint density at radius 2 is 2.13 bits per heavy atom. The van der Waals surface area contributed by atoms with Crippen molar-refractivity contribution in [2.45, 2.75) is 32.9 Å². The number of ether oxygens (including phenoxy) is 1. The lowest BCUT2D eigenvalue weighted by Gasteiger charge is -2.29. The lowest BCUT2D eigenvalue weighted by atomic mass is 10.2. The molecule has 0 aliphatic heterocycles. The largest absolute Gasteiger partial charge is 0.383 e. The fraction of sp³-hybridized carbons (Fsp3) is 0.833. The number of rotatable bonds is 8. The lowest BCUT2D eigenvalue weighted by Crippen LogP contribution is -2.46. The van der Waals surface area contributed by atoms with E-state index < -0.39 is 0 Å². The van der Waals surface area contributed by atoms with Crippen LogP contribution >= 0.6 is 0 Å². The van der Waals surface area contributed by atoms with Crippen LogP contribution in [0.1, 0.15) is 20.8 Å². The van der Waals surface area contributed by atoms with Gasteiger partial charge in [0.1, 0.15) is 0 Å². The Morgan fingerprint density at radius 1 is 1.47 bits per heavy atom. The lowest BCUT2D eigenvalue weighted by molar-refractivity contribution is 0.0997. The summed E-state index contributed by atoms with van der Waals surface area (Å²) in [7, 11) is 1.73. The van der Waals surface area contributed by atoms with Gasteiger partial charge in [-0.25, -0.2) is 0 Å². The number of methoxy groups -OCH3 is 1. The molecule has 0 aromatic carbocycles. The van der Waals surface area contributed by atoms with Crippen LogP contribution in [0.5, 0.6) is 0 Å². The van der Waals surface area contributed by atoms with Gasteiger partial charge >= 0.3 is 0 Å². The molecule has 1 atom stereocenters. The van der Waals surface area contributed by atoms with E-state index in [4.69, 9.17) is 11.2 Å². The SMILES string of the molecule is C#CCN(CC)C(CNC(C)C)COC. The summed E-state index contributed by atoms with van der Waals surface area (Å²) in [6, 6.07) is 0.854. The van der Waals surface area contributed by atoms with Crippen LogP contribution in [0, 0.1) is 12.3 Å². The average Bonchev–Trinajstić information content (AvgIpc) is 2.21. The van der Waals surface area contributed by atoms with Gasteiger partial charge in [0, 0.05) is 25.7 Å². The maximum absolute atomic E-state index is 5.34. The fourth-order valence-electron chi connectivity index (χ4n) is 1.47. The minimum Gasteiger partial charge on any atom is -0.383 e. The molecule has 1 unspecified atom stereocenters. The molecule has 1 N–H and O–H groups in total. The molecule has 0 spiro atoms. The van der Waals surface area contributed by atoms with Gasteiger partial charge < -0.3 is 10.1 Å². The first-order chi connectivity index (χ1) is 7.15. The second-order valence-electron chi connectivity index (χ2n) is 3.94. The summed E-state index contributed by atoms with van der Waals surface area (Å²) >= 11 is 0. The molecule has 0 radical (unpaired) electrons. The molecule has 0 bridgehead atoms. The maximum Gasteiger partial charge on any atom is 0.0630 e. The van der Waals surface area contributed by atoms with Crippen LogP contribution in [0.3, 0.4) is 0 Å². The summed E-state index contributed by atoms with van der Waals surface area (Å²) in [5.41, 5.74) is 0. The molecule has 3 heteroatoms. The maximum atomic E-state index is 5.34. The minimum atomic E-state index is 0.360. The summed E-state index contributed by atoms with van der Waals surface area (Å²) in [5.74, 6) is 2.69. The van der Waals surface area contributed by atoms with Crippen LogP contribution in [0.25, 0.3) is 0 Å². The molecule has 15 heavy (non-hydrogen) atoms.